The minimum atomic E-state index is -0.212. The van der Waals surface area contributed by atoms with Crippen molar-refractivity contribution in [2.45, 2.75) is 31.0 Å². The summed E-state index contributed by atoms with van der Waals surface area (Å²) in [4.78, 5) is 33.8. The lowest BCUT2D eigenvalue weighted by Gasteiger charge is -2.37. The maximum absolute atomic E-state index is 13.3. The fourth-order valence-electron chi connectivity index (χ4n) is 4.73. The Balaban J connectivity index is 1.33. The van der Waals surface area contributed by atoms with E-state index in [0.29, 0.717) is 24.5 Å². The molecule has 3 saturated heterocycles. The monoisotopic (exact) mass is 396 g/mol. The topological polar surface area (TPSA) is 84.0 Å². The van der Waals surface area contributed by atoms with Crippen molar-refractivity contribution in [3.8, 4) is 5.88 Å². The van der Waals surface area contributed by atoms with E-state index >= 15 is 0 Å². The molecule has 0 aliphatic carbocycles. The summed E-state index contributed by atoms with van der Waals surface area (Å²) >= 11 is 0. The SMILES string of the molecule is COc1cc(C(=O)N2CCC(N3C(=O)O[C@H]4CNC[C@H]43)CC2)c2ccccc2n1. The number of fused-ring (bicyclic) bond motifs is 2. The Bertz CT molecular complexity index is 957. The standard InChI is InChI=1S/C21H24N4O4/c1-28-19-10-15(14-4-2-3-5-16(14)23-19)20(26)24-8-6-13(7-9-24)25-17-11-22-12-18(17)29-21(25)27/h2-5,10,13,17-18,22H,6-9,11-12H2,1H3/t17-,18+/m1/s1. The molecule has 4 heterocycles. The van der Waals surface area contributed by atoms with Crippen molar-refractivity contribution in [2.75, 3.05) is 33.3 Å². The summed E-state index contributed by atoms with van der Waals surface area (Å²) in [6.07, 6.45) is 1.25. The van der Waals surface area contributed by atoms with Gasteiger partial charge in [0.15, 0.2) is 0 Å². The van der Waals surface area contributed by atoms with Gasteiger partial charge in [-0.25, -0.2) is 9.78 Å². The van der Waals surface area contributed by atoms with E-state index in [1.165, 1.54) is 0 Å². The number of amides is 2. The van der Waals surface area contributed by atoms with Crippen LogP contribution in [0.3, 0.4) is 0 Å². The molecule has 0 bridgehead atoms. The molecule has 0 unspecified atom stereocenters. The molecular formula is C21H24N4O4. The van der Waals surface area contributed by atoms with E-state index in [9.17, 15) is 9.59 Å². The summed E-state index contributed by atoms with van der Waals surface area (Å²) in [5.74, 6) is 0.409. The van der Waals surface area contributed by atoms with Crippen LogP contribution in [-0.2, 0) is 4.74 Å². The van der Waals surface area contributed by atoms with Crippen molar-refractivity contribution in [3.05, 3.63) is 35.9 Å². The normalized spacial score (nSPS) is 24.7. The number of methoxy groups -OCH3 is 1. The number of para-hydroxylation sites is 1. The molecule has 2 atom stereocenters. The minimum Gasteiger partial charge on any atom is -0.481 e. The predicted octanol–water partition coefficient (Wildman–Crippen LogP) is 1.64. The zero-order valence-corrected chi connectivity index (χ0v) is 16.3. The van der Waals surface area contributed by atoms with E-state index in [1.807, 2.05) is 34.1 Å². The Morgan fingerprint density at radius 2 is 2.03 bits per heavy atom. The van der Waals surface area contributed by atoms with E-state index < -0.39 is 0 Å². The first-order valence-electron chi connectivity index (χ1n) is 10.1. The molecule has 0 saturated carbocycles. The van der Waals surface area contributed by atoms with Crippen LogP contribution < -0.4 is 10.1 Å². The number of benzene rings is 1. The maximum atomic E-state index is 13.3. The molecule has 8 nitrogen and oxygen atoms in total. The van der Waals surface area contributed by atoms with Gasteiger partial charge in [0, 0.05) is 43.7 Å². The smallest absolute Gasteiger partial charge is 0.410 e. The number of nitrogens with one attached hydrogen (secondary N) is 1. The average Bonchev–Trinajstić information content (AvgIpc) is 3.32. The van der Waals surface area contributed by atoms with Gasteiger partial charge in [0.25, 0.3) is 5.91 Å². The van der Waals surface area contributed by atoms with Gasteiger partial charge >= 0.3 is 6.09 Å². The lowest BCUT2D eigenvalue weighted by Crippen LogP contribution is -2.51. The van der Waals surface area contributed by atoms with E-state index in [4.69, 9.17) is 9.47 Å². The van der Waals surface area contributed by atoms with Gasteiger partial charge in [0.2, 0.25) is 5.88 Å². The van der Waals surface area contributed by atoms with E-state index in [1.54, 1.807) is 13.2 Å². The Morgan fingerprint density at radius 1 is 1.24 bits per heavy atom. The van der Waals surface area contributed by atoms with Crippen LogP contribution in [0, 0.1) is 0 Å². The summed E-state index contributed by atoms with van der Waals surface area (Å²) in [6.45, 7) is 2.72. The zero-order valence-electron chi connectivity index (χ0n) is 16.3. The van der Waals surface area contributed by atoms with Gasteiger partial charge in [0.05, 0.1) is 24.2 Å². The molecule has 1 aromatic heterocycles. The van der Waals surface area contributed by atoms with Crippen LogP contribution in [0.25, 0.3) is 10.9 Å². The zero-order chi connectivity index (χ0) is 20.0. The summed E-state index contributed by atoms with van der Waals surface area (Å²) < 4.78 is 10.8. The highest BCUT2D eigenvalue weighted by molar-refractivity contribution is 6.06. The number of hydrogen-bond acceptors (Lipinski definition) is 6. The van der Waals surface area contributed by atoms with Gasteiger partial charge in [-0.3, -0.25) is 9.69 Å². The van der Waals surface area contributed by atoms with Crippen molar-refractivity contribution in [2.24, 2.45) is 0 Å². The van der Waals surface area contributed by atoms with Gasteiger partial charge in [-0.1, -0.05) is 18.2 Å². The number of rotatable bonds is 3. The number of carbonyl (C=O) groups excluding carboxylic acids is 2. The summed E-state index contributed by atoms with van der Waals surface area (Å²) in [5.41, 5.74) is 1.34. The molecular weight excluding hydrogens is 372 g/mol. The van der Waals surface area contributed by atoms with E-state index in [0.717, 1.165) is 36.8 Å². The second kappa shape index (κ2) is 7.18. The molecule has 0 radical (unpaired) electrons. The Morgan fingerprint density at radius 3 is 2.83 bits per heavy atom. The molecule has 29 heavy (non-hydrogen) atoms. The van der Waals surface area contributed by atoms with Crippen LogP contribution in [-0.4, -0.2) is 78.3 Å². The predicted molar refractivity (Wildman–Crippen MR) is 106 cm³/mol. The highest BCUT2D eigenvalue weighted by atomic mass is 16.6. The number of piperidine rings is 1. The third-order valence-electron chi connectivity index (χ3n) is 6.23. The quantitative estimate of drug-likeness (QED) is 0.849. The summed E-state index contributed by atoms with van der Waals surface area (Å²) in [7, 11) is 1.55. The summed E-state index contributed by atoms with van der Waals surface area (Å²) in [5, 5.41) is 4.11. The third kappa shape index (κ3) is 3.07. The van der Waals surface area contributed by atoms with Crippen LogP contribution in [0.15, 0.2) is 30.3 Å². The minimum absolute atomic E-state index is 0.0234. The number of aromatic nitrogens is 1. The largest absolute Gasteiger partial charge is 0.481 e. The number of pyridine rings is 1. The molecule has 1 N–H and O–H groups in total. The average molecular weight is 396 g/mol. The Labute approximate surface area is 168 Å². The van der Waals surface area contributed by atoms with Gasteiger partial charge in [-0.05, 0) is 18.9 Å². The van der Waals surface area contributed by atoms with Crippen LogP contribution in [0.1, 0.15) is 23.2 Å². The molecule has 3 aliphatic heterocycles. The molecule has 0 spiro atoms. The van der Waals surface area contributed by atoms with E-state index in [2.05, 4.69) is 10.3 Å². The first kappa shape index (κ1) is 18.2. The molecule has 8 heteroatoms. The van der Waals surface area contributed by atoms with E-state index in [-0.39, 0.29) is 30.2 Å². The second-order valence-corrected chi connectivity index (χ2v) is 7.81. The molecule has 152 valence electrons. The van der Waals surface area contributed by atoms with Crippen LogP contribution in [0.4, 0.5) is 4.79 Å². The highest BCUT2D eigenvalue weighted by Crippen LogP contribution is 2.30. The third-order valence-corrected chi connectivity index (χ3v) is 6.23. The molecule has 2 amide bonds. The lowest BCUT2D eigenvalue weighted by atomic mass is 9.99. The van der Waals surface area contributed by atoms with Gasteiger partial charge in [-0.2, -0.15) is 0 Å². The van der Waals surface area contributed by atoms with Gasteiger partial charge in [0.1, 0.15) is 6.10 Å². The first-order valence-corrected chi connectivity index (χ1v) is 10.1. The number of carbonyl (C=O) groups is 2. The first-order chi connectivity index (χ1) is 14.2. The lowest BCUT2D eigenvalue weighted by molar-refractivity contribution is 0.0639. The van der Waals surface area contributed by atoms with Crippen LogP contribution >= 0.6 is 0 Å². The number of ether oxygens (including phenoxy) is 2. The number of hydrogen-bond donors (Lipinski definition) is 1. The molecule has 1 aromatic carbocycles. The van der Waals surface area contributed by atoms with Crippen LogP contribution in [0.2, 0.25) is 0 Å². The molecule has 3 aliphatic rings. The van der Waals surface area contributed by atoms with Crippen molar-refractivity contribution >= 4 is 22.9 Å². The highest BCUT2D eigenvalue weighted by Gasteiger charge is 2.48. The molecule has 5 rings (SSSR count). The van der Waals surface area contributed by atoms with Crippen molar-refractivity contribution < 1.29 is 19.1 Å². The van der Waals surface area contributed by atoms with Gasteiger partial charge < -0.3 is 19.7 Å². The van der Waals surface area contributed by atoms with Crippen molar-refractivity contribution in [3.63, 3.8) is 0 Å². The fraction of sp³-hybridized carbons (Fsp3) is 0.476. The summed E-state index contributed by atoms with van der Waals surface area (Å²) in [6, 6.07) is 9.54. The molecule has 3 fully saturated rings. The maximum Gasteiger partial charge on any atom is 0.410 e. The van der Waals surface area contributed by atoms with Crippen molar-refractivity contribution in [1.29, 1.82) is 0 Å². The Hall–Kier alpha value is -2.87. The van der Waals surface area contributed by atoms with Gasteiger partial charge in [-0.15, -0.1) is 0 Å². The Kier molecular flexibility index (Phi) is 4.50. The number of nitrogens with zero attached hydrogens (tertiary/aromatic N) is 3. The van der Waals surface area contributed by atoms with Crippen LogP contribution in [0.5, 0.6) is 5.88 Å². The molecule has 2 aromatic rings. The number of likely N-dealkylation sites (tertiary alicyclic amines) is 1. The van der Waals surface area contributed by atoms with Crippen molar-refractivity contribution in [1.82, 2.24) is 20.1 Å². The fourth-order valence-corrected chi connectivity index (χ4v) is 4.73. The second-order valence-electron chi connectivity index (χ2n) is 7.81.